The maximum absolute atomic E-state index is 13.7. The Morgan fingerprint density at radius 2 is 1.70 bits per heavy atom. The first-order chi connectivity index (χ1) is 18.9. The van der Waals surface area contributed by atoms with Crippen LogP contribution in [0.5, 0.6) is 11.5 Å². The van der Waals surface area contributed by atoms with Crippen molar-refractivity contribution < 1.29 is 24.2 Å². The molecule has 1 atom stereocenters. The van der Waals surface area contributed by atoms with Gasteiger partial charge in [-0.2, -0.15) is 0 Å². The van der Waals surface area contributed by atoms with E-state index in [9.17, 15) is 14.7 Å². The van der Waals surface area contributed by atoms with Crippen LogP contribution in [0.2, 0.25) is 0 Å². The normalized spacial score (nSPS) is 17.0. The summed E-state index contributed by atoms with van der Waals surface area (Å²) in [4.78, 5) is 28.7. The number of nitrogens with zero attached hydrogens (tertiary/aromatic N) is 1. The number of ether oxygens (including phenoxy) is 2. The molecule has 1 amide bonds. The topological polar surface area (TPSA) is 76.1 Å². The smallest absolute Gasteiger partial charge is 0.300 e. The van der Waals surface area contributed by atoms with Crippen molar-refractivity contribution in [3.05, 3.63) is 94.6 Å². The molecule has 0 aliphatic carbocycles. The predicted molar refractivity (Wildman–Crippen MR) is 159 cm³/mol. The summed E-state index contributed by atoms with van der Waals surface area (Å²) in [6.07, 6.45) is 0. The summed E-state index contributed by atoms with van der Waals surface area (Å²) < 4.78 is 11.8. The molecule has 0 bridgehead atoms. The van der Waals surface area contributed by atoms with Crippen molar-refractivity contribution in [2.45, 2.75) is 59.9 Å². The van der Waals surface area contributed by atoms with Gasteiger partial charge in [0, 0.05) is 16.8 Å². The Hall–Kier alpha value is -4.06. The fraction of sp³-hybridized carbons (Fsp3) is 0.353. The number of rotatable bonds is 8. The summed E-state index contributed by atoms with van der Waals surface area (Å²) in [5, 5.41) is 11.7. The van der Waals surface area contributed by atoms with Crippen LogP contribution in [0.15, 0.2) is 72.3 Å². The van der Waals surface area contributed by atoms with Gasteiger partial charge in [0.1, 0.15) is 17.3 Å². The Morgan fingerprint density at radius 1 is 0.975 bits per heavy atom. The Kier molecular flexibility index (Phi) is 8.38. The van der Waals surface area contributed by atoms with Gasteiger partial charge in [-0.05, 0) is 78.8 Å². The molecule has 210 valence electrons. The highest BCUT2D eigenvalue weighted by molar-refractivity contribution is 6.51. The average Bonchev–Trinajstić information content (AvgIpc) is 3.17. The lowest BCUT2D eigenvalue weighted by molar-refractivity contribution is -0.132. The quantitative estimate of drug-likeness (QED) is 0.183. The van der Waals surface area contributed by atoms with E-state index in [0.29, 0.717) is 41.7 Å². The number of aryl methyl sites for hydroxylation is 1. The maximum Gasteiger partial charge on any atom is 0.300 e. The molecule has 1 N–H and O–H groups in total. The Bertz CT molecular complexity index is 1450. The molecule has 0 aromatic heterocycles. The van der Waals surface area contributed by atoms with Gasteiger partial charge in [0.05, 0.1) is 24.8 Å². The zero-order chi connectivity index (χ0) is 29.2. The van der Waals surface area contributed by atoms with Crippen LogP contribution in [-0.2, 0) is 15.0 Å². The maximum atomic E-state index is 13.7. The second kappa shape index (κ2) is 11.6. The van der Waals surface area contributed by atoms with Crippen LogP contribution in [0.3, 0.4) is 0 Å². The molecule has 0 spiro atoms. The summed E-state index contributed by atoms with van der Waals surface area (Å²) in [6.45, 7) is 15.2. The first-order valence-electron chi connectivity index (χ1n) is 13.8. The molecule has 1 aliphatic rings. The van der Waals surface area contributed by atoms with Crippen molar-refractivity contribution in [2.75, 3.05) is 18.1 Å². The van der Waals surface area contributed by atoms with Gasteiger partial charge in [0.15, 0.2) is 0 Å². The summed E-state index contributed by atoms with van der Waals surface area (Å²) in [5.74, 6) is 0.0468. The lowest BCUT2D eigenvalue weighted by Crippen LogP contribution is -2.29. The van der Waals surface area contributed by atoms with Gasteiger partial charge < -0.3 is 14.6 Å². The van der Waals surface area contributed by atoms with E-state index in [1.165, 1.54) is 4.90 Å². The molecule has 1 heterocycles. The van der Waals surface area contributed by atoms with Crippen molar-refractivity contribution in [2.24, 2.45) is 5.92 Å². The fourth-order valence-electron chi connectivity index (χ4n) is 4.93. The molecular weight excluding hydrogens is 502 g/mol. The summed E-state index contributed by atoms with van der Waals surface area (Å²) in [5.41, 5.74) is 3.31. The molecule has 1 unspecified atom stereocenters. The number of carbonyl (C=O) groups excluding carboxylic acids is 2. The van der Waals surface area contributed by atoms with E-state index in [1.807, 2.05) is 68.4 Å². The molecule has 4 rings (SSSR count). The van der Waals surface area contributed by atoms with Gasteiger partial charge in [-0.3, -0.25) is 14.5 Å². The number of aliphatic hydroxyl groups excluding tert-OH is 1. The Labute approximate surface area is 237 Å². The van der Waals surface area contributed by atoms with E-state index < -0.39 is 17.7 Å². The SMILES string of the molecule is CCOc1ccc(/C(O)=C2\C(=O)C(=O)N(c3cccc(C)c3)C2c2cccc(OCC(C)C)c2)cc1C(C)(C)C. The molecule has 1 aliphatic heterocycles. The van der Waals surface area contributed by atoms with Gasteiger partial charge in [0.25, 0.3) is 11.7 Å². The van der Waals surface area contributed by atoms with E-state index in [4.69, 9.17) is 9.47 Å². The van der Waals surface area contributed by atoms with Gasteiger partial charge >= 0.3 is 0 Å². The minimum Gasteiger partial charge on any atom is -0.507 e. The highest BCUT2D eigenvalue weighted by Gasteiger charge is 2.47. The van der Waals surface area contributed by atoms with Crippen LogP contribution >= 0.6 is 0 Å². The first kappa shape index (κ1) is 28.9. The van der Waals surface area contributed by atoms with Crippen LogP contribution in [0.4, 0.5) is 5.69 Å². The van der Waals surface area contributed by atoms with Crippen molar-refractivity contribution >= 4 is 23.1 Å². The molecule has 3 aromatic carbocycles. The number of amides is 1. The minimum atomic E-state index is -0.839. The second-order valence-electron chi connectivity index (χ2n) is 11.7. The van der Waals surface area contributed by atoms with Gasteiger partial charge in [-0.15, -0.1) is 0 Å². The highest BCUT2D eigenvalue weighted by atomic mass is 16.5. The third-order valence-corrected chi connectivity index (χ3v) is 6.84. The molecule has 40 heavy (non-hydrogen) atoms. The average molecular weight is 542 g/mol. The van der Waals surface area contributed by atoms with Crippen LogP contribution in [0.1, 0.15) is 69.8 Å². The van der Waals surface area contributed by atoms with Crippen molar-refractivity contribution in [3.8, 4) is 11.5 Å². The number of ketones is 1. The van der Waals surface area contributed by atoms with Gasteiger partial charge in [-0.25, -0.2) is 0 Å². The standard InChI is InChI=1S/C34H39NO5/c1-8-39-28-16-15-24(19-27(28)34(5,6)7)31(36)29-30(23-12-10-14-26(18-23)40-20-21(2)3)35(33(38)32(29)37)25-13-9-11-22(4)17-25/h9-19,21,30,36H,8,20H2,1-7H3/b31-29+. The summed E-state index contributed by atoms with van der Waals surface area (Å²) in [7, 11) is 0. The predicted octanol–water partition coefficient (Wildman–Crippen LogP) is 7.35. The molecule has 3 aromatic rings. The molecule has 6 nitrogen and oxygen atoms in total. The minimum absolute atomic E-state index is 0.0385. The van der Waals surface area contributed by atoms with Crippen molar-refractivity contribution in [1.82, 2.24) is 0 Å². The number of hydrogen-bond donors (Lipinski definition) is 1. The van der Waals surface area contributed by atoms with Gasteiger partial charge in [0.2, 0.25) is 0 Å². The molecule has 1 fully saturated rings. The number of anilines is 1. The zero-order valence-electron chi connectivity index (χ0n) is 24.4. The third kappa shape index (κ3) is 5.91. The molecule has 6 heteroatoms. The van der Waals surface area contributed by atoms with E-state index >= 15 is 0 Å². The van der Waals surface area contributed by atoms with E-state index in [2.05, 4.69) is 34.6 Å². The van der Waals surface area contributed by atoms with E-state index in [-0.39, 0.29) is 16.7 Å². The molecule has 1 saturated heterocycles. The van der Waals surface area contributed by atoms with Crippen molar-refractivity contribution in [3.63, 3.8) is 0 Å². The van der Waals surface area contributed by atoms with Crippen LogP contribution in [0.25, 0.3) is 5.76 Å². The number of benzene rings is 3. The number of carbonyl (C=O) groups is 2. The number of hydrogen-bond acceptors (Lipinski definition) is 5. The van der Waals surface area contributed by atoms with Crippen LogP contribution < -0.4 is 14.4 Å². The van der Waals surface area contributed by atoms with E-state index in [1.54, 1.807) is 12.1 Å². The zero-order valence-corrected chi connectivity index (χ0v) is 24.4. The highest BCUT2D eigenvalue weighted by Crippen LogP contribution is 2.44. The summed E-state index contributed by atoms with van der Waals surface area (Å²) >= 11 is 0. The second-order valence-corrected chi connectivity index (χ2v) is 11.7. The number of aliphatic hydroxyl groups is 1. The van der Waals surface area contributed by atoms with E-state index in [0.717, 1.165) is 16.9 Å². The Balaban J connectivity index is 1.93. The van der Waals surface area contributed by atoms with Crippen molar-refractivity contribution in [1.29, 1.82) is 0 Å². The first-order valence-corrected chi connectivity index (χ1v) is 13.8. The number of Topliss-reactive ketones (excluding diaryl/α,β-unsaturated/α-hetero) is 1. The lowest BCUT2D eigenvalue weighted by atomic mass is 9.84. The Morgan fingerprint density at radius 3 is 2.35 bits per heavy atom. The lowest BCUT2D eigenvalue weighted by Gasteiger charge is -2.26. The largest absolute Gasteiger partial charge is 0.507 e. The molecule has 0 radical (unpaired) electrons. The third-order valence-electron chi connectivity index (χ3n) is 6.84. The fourth-order valence-corrected chi connectivity index (χ4v) is 4.93. The van der Waals surface area contributed by atoms with Gasteiger partial charge in [-0.1, -0.05) is 58.9 Å². The van der Waals surface area contributed by atoms with Crippen LogP contribution in [0, 0.1) is 12.8 Å². The molecule has 0 saturated carbocycles. The monoisotopic (exact) mass is 541 g/mol. The molecular formula is C34H39NO5. The van der Waals surface area contributed by atoms with Crippen LogP contribution in [-0.4, -0.2) is 30.0 Å². The summed E-state index contributed by atoms with van der Waals surface area (Å²) in [6, 6.07) is 19.4.